The van der Waals surface area contributed by atoms with E-state index in [-0.39, 0.29) is 11.5 Å². The third kappa shape index (κ3) is 7.17. The van der Waals surface area contributed by atoms with Crippen LogP contribution in [0.3, 0.4) is 0 Å². The van der Waals surface area contributed by atoms with Crippen molar-refractivity contribution in [1.29, 1.82) is 0 Å². The van der Waals surface area contributed by atoms with Gasteiger partial charge in [-0.25, -0.2) is 0 Å². The number of nitrogens with zero attached hydrogens (tertiary/aromatic N) is 1. The molecule has 2 rings (SSSR count). The van der Waals surface area contributed by atoms with E-state index in [2.05, 4.69) is 60.7 Å². The molecule has 0 radical (unpaired) electrons. The van der Waals surface area contributed by atoms with E-state index in [0.717, 1.165) is 63.9 Å². The monoisotopic (exact) mass is 419 g/mol. The molecule has 0 bridgehead atoms. The molecule has 2 N–H and O–H groups in total. The van der Waals surface area contributed by atoms with Crippen LogP contribution in [0.2, 0.25) is 0 Å². The van der Waals surface area contributed by atoms with Crippen LogP contribution in [0.5, 0.6) is 5.75 Å². The molecule has 1 aliphatic rings. The van der Waals surface area contributed by atoms with Crippen molar-refractivity contribution in [3.63, 3.8) is 0 Å². The first-order valence-corrected chi connectivity index (χ1v) is 11.4. The Labute approximate surface area is 182 Å². The zero-order valence-electron chi connectivity index (χ0n) is 19.5. The molecule has 0 saturated carbocycles. The standard InChI is InChI=1S/C24H41N3O3/c1-6-29-21-10-8-20(9-11-21)24(13-16-28-17-14-24)18-27-23(25-5)26-15-12-22(19(3)4)30-7-2/h8-11,19,22H,6-7,12-18H2,1-5H3,(H2,25,26,27). The SMILES string of the molecule is CCOc1ccc(C2(CNC(=NC)NCCC(OCC)C(C)C)CCOCC2)cc1. The first kappa shape index (κ1) is 24.5. The number of guanidine groups is 1. The Morgan fingerprint density at radius 1 is 1.10 bits per heavy atom. The van der Waals surface area contributed by atoms with Crippen LogP contribution in [0.4, 0.5) is 0 Å². The van der Waals surface area contributed by atoms with Gasteiger partial charge in [0, 0.05) is 45.4 Å². The van der Waals surface area contributed by atoms with Crippen LogP contribution in [0.1, 0.15) is 52.5 Å². The van der Waals surface area contributed by atoms with Gasteiger partial charge in [0.05, 0.1) is 12.7 Å². The minimum Gasteiger partial charge on any atom is -0.494 e. The van der Waals surface area contributed by atoms with Gasteiger partial charge in [0.2, 0.25) is 0 Å². The highest BCUT2D eigenvalue weighted by Gasteiger charge is 2.34. The molecular weight excluding hydrogens is 378 g/mol. The predicted octanol–water partition coefficient (Wildman–Crippen LogP) is 3.75. The van der Waals surface area contributed by atoms with Crippen molar-refractivity contribution >= 4 is 5.96 Å². The van der Waals surface area contributed by atoms with Gasteiger partial charge in [0.25, 0.3) is 0 Å². The largest absolute Gasteiger partial charge is 0.494 e. The van der Waals surface area contributed by atoms with Crippen LogP contribution >= 0.6 is 0 Å². The molecule has 0 spiro atoms. The molecule has 1 aromatic rings. The van der Waals surface area contributed by atoms with E-state index in [4.69, 9.17) is 14.2 Å². The van der Waals surface area contributed by atoms with Crippen LogP contribution in [-0.4, -0.2) is 58.6 Å². The zero-order valence-corrected chi connectivity index (χ0v) is 19.5. The first-order valence-electron chi connectivity index (χ1n) is 11.4. The highest BCUT2D eigenvalue weighted by atomic mass is 16.5. The van der Waals surface area contributed by atoms with Crippen molar-refractivity contribution in [3.8, 4) is 5.75 Å². The lowest BCUT2D eigenvalue weighted by Gasteiger charge is -2.38. The molecule has 170 valence electrons. The molecule has 1 fully saturated rings. The minimum atomic E-state index is 0.0341. The lowest BCUT2D eigenvalue weighted by Crippen LogP contribution is -2.48. The minimum absolute atomic E-state index is 0.0341. The van der Waals surface area contributed by atoms with Crippen molar-refractivity contribution in [2.75, 3.05) is 46.6 Å². The Morgan fingerprint density at radius 2 is 1.80 bits per heavy atom. The summed E-state index contributed by atoms with van der Waals surface area (Å²) >= 11 is 0. The summed E-state index contributed by atoms with van der Waals surface area (Å²) in [5.74, 6) is 2.26. The molecule has 1 aromatic carbocycles. The molecular formula is C24H41N3O3. The smallest absolute Gasteiger partial charge is 0.191 e. The number of nitrogens with one attached hydrogen (secondary N) is 2. The van der Waals surface area contributed by atoms with E-state index in [9.17, 15) is 0 Å². The average Bonchev–Trinajstić information content (AvgIpc) is 2.76. The number of ether oxygens (including phenoxy) is 3. The Morgan fingerprint density at radius 3 is 2.37 bits per heavy atom. The van der Waals surface area contributed by atoms with Crippen LogP contribution in [0.15, 0.2) is 29.3 Å². The van der Waals surface area contributed by atoms with Crippen molar-refractivity contribution in [2.24, 2.45) is 10.9 Å². The molecule has 1 aliphatic heterocycles. The van der Waals surface area contributed by atoms with Crippen LogP contribution in [0.25, 0.3) is 0 Å². The lowest BCUT2D eigenvalue weighted by molar-refractivity contribution is 0.0258. The molecule has 0 amide bonds. The van der Waals surface area contributed by atoms with Crippen molar-refractivity contribution in [2.45, 2.75) is 58.5 Å². The van der Waals surface area contributed by atoms with Crippen molar-refractivity contribution in [3.05, 3.63) is 29.8 Å². The van der Waals surface area contributed by atoms with Gasteiger partial charge in [-0.05, 0) is 56.7 Å². The Bertz CT molecular complexity index is 625. The summed E-state index contributed by atoms with van der Waals surface area (Å²) in [5, 5.41) is 7.02. The maximum Gasteiger partial charge on any atom is 0.191 e. The Hall–Kier alpha value is -1.79. The molecule has 0 aliphatic carbocycles. The molecule has 1 atom stereocenters. The van der Waals surface area contributed by atoms with E-state index in [1.54, 1.807) is 0 Å². The van der Waals surface area contributed by atoms with Crippen molar-refractivity contribution in [1.82, 2.24) is 10.6 Å². The average molecular weight is 420 g/mol. The van der Waals surface area contributed by atoms with Gasteiger partial charge in [-0.1, -0.05) is 26.0 Å². The van der Waals surface area contributed by atoms with Gasteiger partial charge >= 0.3 is 0 Å². The highest BCUT2D eigenvalue weighted by Crippen LogP contribution is 2.35. The fourth-order valence-corrected chi connectivity index (χ4v) is 4.03. The van der Waals surface area contributed by atoms with Crippen molar-refractivity contribution < 1.29 is 14.2 Å². The summed E-state index contributed by atoms with van der Waals surface area (Å²) in [6, 6.07) is 8.54. The number of rotatable bonds is 11. The van der Waals surface area contributed by atoms with E-state index in [0.29, 0.717) is 12.5 Å². The second kappa shape index (κ2) is 12.8. The highest BCUT2D eigenvalue weighted by molar-refractivity contribution is 5.79. The fourth-order valence-electron chi connectivity index (χ4n) is 4.03. The van der Waals surface area contributed by atoms with E-state index < -0.39 is 0 Å². The quantitative estimate of drug-likeness (QED) is 0.422. The molecule has 30 heavy (non-hydrogen) atoms. The normalized spacial score (nSPS) is 17.6. The predicted molar refractivity (Wildman–Crippen MR) is 124 cm³/mol. The van der Waals surface area contributed by atoms with E-state index in [1.807, 2.05) is 14.0 Å². The van der Waals surface area contributed by atoms with E-state index >= 15 is 0 Å². The Balaban J connectivity index is 1.97. The lowest BCUT2D eigenvalue weighted by atomic mass is 9.74. The van der Waals surface area contributed by atoms with Crippen LogP contribution < -0.4 is 15.4 Å². The molecule has 0 aromatic heterocycles. The van der Waals surface area contributed by atoms with Gasteiger partial charge in [-0.2, -0.15) is 0 Å². The van der Waals surface area contributed by atoms with Gasteiger partial charge in [0.15, 0.2) is 5.96 Å². The third-order valence-corrected chi connectivity index (χ3v) is 5.89. The number of hydrogen-bond acceptors (Lipinski definition) is 4. The maximum atomic E-state index is 5.85. The number of aliphatic imine (C=N–C) groups is 1. The molecule has 1 unspecified atom stereocenters. The summed E-state index contributed by atoms with van der Waals surface area (Å²) < 4.78 is 17.1. The topological polar surface area (TPSA) is 64.1 Å². The van der Waals surface area contributed by atoms with Gasteiger partial charge in [0.1, 0.15) is 5.75 Å². The third-order valence-electron chi connectivity index (χ3n) is 5.89. The zero-order chi connectivity index (χ0) is 21.8. The molecule has 1 saturated heterocycles. The fraction of sp³-hybridized carbons (Fsp3) is 0.708. The summed E-state index contributed by atoms with van der Waals surface area (Å²) in [5.41, 5.74) is 1.36. The van der Waals surface area contributed by atoms with E-state index in [1.165, 1.54) is 5.56 Å². The first-order chi connectivity index (χ1) is 14.5. The summed E-state index contributed by atoms with van der Waals surface area (Å²) in [4.78, 5) is 4.43. The maximum absolute atomic E-state index is 5.85. The van der Waals surface area contributed by atoms with Crippen LogP contribution in [-0.2, 0) is 14.9 Å². The Kier molecular flexibility index (Phi) is 10.4. The number of hydrogen-bond donors (Lipinski definition) is 2. The van der Waals surface area contributed by atoms with Crippen LogP contribution in [0, 0.1) is 5.92 Å². The second-order valence-corrected chi connectivity index (χ2v) is 8.23. The number of benzene rings is 1. The second-order valence-electron chi connectivity index (χ2n) is 8.23. The molecule has 6 heteroatoms. The van der Waals surface area contributed by atoms with Gasteiger partial charge in [-0.15, -0.1) is 0 Å². The summed E-state index contributed by atoms with van der Waals surface area (Å²) in [6.45, 7) is 13.1. The van der Waals surface area contributed by atoms with Gasteiger partial charge < -0.3 is 24.8 Å². The molecule has 1 heterocycles. The van der Waals surface area contributed by atoms with Gasteiger partial charge in [-0.3, -0.25) is 4.99 Å². The molecule has 6 nitrogen and oxygen atoms in total. The summed E-state index contributed by atoms with van der Waals surface area (Å²) in [7, 11) is 1.82. The summed E-state index contributed by atoms with van der Waals surface area (Å²) in [6.07, 6.45) is 3.21.